The molecule has 1 amide bonds. The van der Waals surface area contributed by atoms with E-state index in [0.717, 1.165) is 62.0 Å². The first-order valence-electron chi connectivity index (χ1n) is 10.2. The van der Waals surface area contributed by atoms with Gasteiger partial charge in [-0.2, -0.15) is 0 Å². The first-order chi connectivity index (χ1) is 15.3. The fourth-order valence-electron chi connectivity index (χ4n) is 3.52. The molecule has 174 valence electrons. The van der Waals surface area contributed by atoms with E-state index in [1.165, 1.54) is 18.5 Å². The van der Waals surface area contributed by atoms with Crippen LogP contribution < -0.4 is 5.32 Å². The maximum absolute atomic E-state index is 12.6. The van der Waals surface area contributed by atoms with Crippen molar-refractivity contribution in [3.05, 3.63) is 43.5 Å². The monoisotopic (exact) mass is 517 g/mol. The van der Waals surface area contributed by atoms with Crippen LogP contribution in [-0.4, -0.2) is 71.9 Å². The van der Waals surface area contributed by atoms with Gasteiger partial charge >= 0.3 is 0 Å². The third-order valence-corrected chi connectivity index (χ3v) is 8.58. The average molecular weight is 518 g/mol. The molecule has 0 atom stereocenters. The van der Waals surface area contributed by atoms with Gasteiger partial charge in [0, 0.05) is 31.0 Å². The van der Waals surface area contributed by atoms with Gasteiger partial charge in [-0.15, -0.1) is 11.3 Å². The third kappa shape index (κ3) is 6.55. The number of nitro groups is 1. The number of nitrogens with zero attached hydrogens (tertiary/aromatic N) is 4. The zero-order chi connectivity index (χ0) is 23.3. The summed E-state index contributed by atoms with van der Waals surface area (Å²) in [6.07, 6.45) is 5.99. The molecule has 0 aliphatic carbocycles. The van der Waals surface area contributed by atoms with Gasteiger partial charge in [0.1, 0.15) is 9.09 Å². The van der Waals surface area contributed by atoms with E-state index >= 15 is 0 Å². The van der Waals surface area contributed by atoms with Crippen LogP contribution in [0.3, 0.4) is 0 Å². The van der Waals surface area contributed by atoms with E-state index in [9.17, 15) is 14.9 Å². The summed E-state index contributed by atoms with van der Waals surface area (Å²) >= 11 is 14.4. The van der Waals surface area contributed by atoms with Crippen molar-refractivity contribution in [3.63, 3.8) is 0 Å². The number of carbonyl (C=O) groups excluding carboxylic acids is 1. The van der Waals surface area contributed by atoms with Gasteiger partial charge in [0.05, 0.1) is 19.9 Å². The predicted molar refractivity (Wildman–Crippen MR) is 129 cm³/mol. The SMILES string of the molecule is CN(C)C1CCN(CCCNC(=O)c2cc([N+](=O)[O-])c(Sc3c(Cl)cncc3Cl)s2)CC1. The molecule has 1 aliphatic rings. The molecule has 12 heteroatoms. The van der Waals surface area contributed by atoms with Crippen LogP contribution in [0.4, 0.5) is 5.69 Å². The van der Waals surface area contributed by atoms with Gasteiger partial charge in [0.2, 0.25) is 0 Å². The topological polar surface area (TPSA) is 91.6 Å². The molecule has 3 rings (SSSR count). The Morgan fingerprint density at radius 3 is 2.59 bits per heavy atom. The van der Waals surface area contributed by atoms with Gasteiger partial charge in [-0.05, 0) is 53.0 Å². The summed E-state index contributed by atoms with van der Waals surface area (Å²) in [5.74, 6) is -0.316. The minimum Gasteiger partial charge on any atom is -0.351 e. The minimum absolute atomic E-state index is 0.141. The van der Waals surface area contributed by atoms with E-state index in [4.69, 9.17) is 23.2 Å². The summed E-state index contributed by atoms with van der Waals surface area (Å²) in [6, 6.07) is 1.95. The highest BCUT2D eigenvalue weighted by Gasteiger charge is 2.25. The molecule has 0 unspecified atom stereocenters. The molecule has 1 N–H and O–H groups in total. The van der Waals surface area contributed by atoms with Crippen LogP contribution in [0.1, 0.15) is 28.9 Å². The Kier molecular flexibility index (Phi) is 9.15. The molecule has 2 aromatic heterocycles. The molecule has 0 saturated carbocycles. The number of pyridine rings is 1. The number of amides is 1. The summed E-state index contributed by atoms with van der Waals surface area (Å²) in [5.41, 5.74) is -0.141. The third-order valence-electron chi connectivity index (χ3n) is 5.33. The maximum atomic E-state index is 12.6. The Morgan fingerprint density at radius 2 is 2.00 bits per heavy atom. The van der Waals surface area contributed by atoms with Gasteiger partial charge in [-0.3, -0.25) is 19.9 Å². The predicted octanol–water partition coefficient (Wildman–Crippen LogP) is 4.66. The standard InChI is InChI=1S/C20H25Cl2N5O3S2/c1-25(2)13-4-8-26(9-5-13)7-3-6-24-19(28)17-10-16(27(29)30)20(31-17)32-18-14(21)11-23-12-15(18)22/h10-13H,3-9H2,1-2H3,(H,24,28). The van der Waals surface area contributed by atoms with Crippen molar-refractivity contribution in [2.45, 2.75) is 34.4 Å². The first-order valence-corrected chi connectivity index (χ1v) is 12.6. The molecule has 1 fully saturated rings. The van der Waals surface area contributed by atoms with Crippen molar-refractivity contribution in [2.24, 2.45) is 0 Å². The fraction of sp³-hybridized carbons (Fsp3) is 0.500. The van der Waals surface area contributed by atoms with Crippen molar-refractivity contribution >= 4 is 57.9 Å². The molecule has 1 aliphatic heterocycles. The fourth-order valence-corrected chi connectivity index (χ4v) is 6.30. The van der Waals surface area contributed by atoms with Gasteiger partial charge in [0.25, 0.3) is 11.6 Å². The summed E-state index contributed by atoms with van der Waals surface area (Å²) < 4.78 is 0.346. The highest BCUT2D eigenvalue weighted by atomic mass is 35.5. The van der Waals surface area contributed by atoms with Gasteiger partial charge in [-0.1, -0.05) is 35.0 Å². The second kappa shape index (κ2) is 11.6. The first kappa shape index (κ1) is 25.2. The number of rotatable bonds is 9. The van der Waals surface area contributed by atoms with Crippen LogP contribution in [0.25, 0.3) is 0 Å². The molecule has 1 saturated heterocycles. The van der Waals surface area contributed by atoms with Crippen LogP contribution in [-0.2, 0) is 0 Å². The summed E-state index contributed by atoms with van der Waals surface area (Å²) in [4.78, 5) is 32.9. The Hall–Kier alpha value is -1.43. The van der Waals surface area contributed by atoms with E-state index in [0.29, 0.717) is 31.7 Å². The minimum atomic E-state index is -0.504. The van der Waals surface area contributed by atoms with Crippen molar-refractivity contribution < 1.29 is 9.72 Å². The van der Waals surface area contributed by atoms with Crippen molar-refractivity contribution in [2.75, 3.05) is 40.3 Å². The van der Waals surface area contributed by atoms with Gasteiger partial charge in [0.15, 0.2) is 0 Å². The van der Waals surface area contributed by atoms with Crippen molar-refractivity contribution in [3.8, 4) is 0 Å². The molecule has 3 heterocycles. The zero-order valence-electron chi connectivity index (χ0n) is 17.8. The normalized spacial score (nSPS) is 15.3. The number of aromatic nitrogens is 1. The number of halogens is 2. The molecular formula is C20H25Cl2N5O3S2. The van der Waals surface area contributed by atoms with E-state index in [-0.39, 0.29) is 16.5 Å². The summed E-state index contributed by atoms with van der Waals surface area (Å²) in [7, 11) is 4.24. The highest BCUT2D eigenvalue weighted by molar-refractivity contribution is 8.01. The Balaban J connectivity index is 1.54. The van der Waals surface area contributed by atoms with Crippen molar-refractivity contribution in [1.29, 1.82) is 0 Å². The highest BCUT2D eigenvalue weighted by Crippen LogP contribution is 2.45. The molecule has 0 spiro atoms. The maximum Gasteiger partial charge on any atom is 0.294 e. The molecule has 8 nitrogen and oxygen atoms in total. The number of piperidine rings is 1. The second-order valence-electron chi connectivity index (χ2n) is 7.72. The number of hydrogen-bond acceptors (Lipinski definition) is 8. The van der Waals surface area contributed by atoms with Crippen LogP contribution in [0.2, 0.25) is 10.0 Å². The summed E-state index contributed by atoms with van der Waals surface area (Å²) in [5, 5.41) is 15.0. The molecule has 32 heavy (non-hydrogen) atoms. The van der Waals surface area contributed by atoms with E-state index in [2.05, 4.69) is 34.2 Å². The number of thiophene rings is 1. The molecule has 2 aromatic rings. The van der Waals surface area contributed by atoms with Crippen molar-refractivity contribution in [1.82, 2.24) is 20.1 Å². The van der Waals surface area contributed by atoms with Crippen LogP contribution >= 0.6 is 46.3 Å². The number of likely N-dealkylation sites (tertiary alicyclic amines) is 1. The Morgan fingerprint density at radius 1 is 1.34 bits per heavy atom. The molecule has 0 aromatic carbocycles. The second-order valence-corrected chi connectivity index (χ2v) is 10.9. The quantitative estimate of drug-likeness (QED) is 0.293. The van der Waals surface area contributed by atoms with E-state index in [1.54, 1.807) is 0 Å². The zero-order valence-corrected chi connectivity index (χ0v) is 21.0. The van der Waals surface area contributed by atoms with Crippen LogP contribution in [0.15, 0.2) is 27.6 Å². The summed E-state index contributed by atoms with van der Waals surface area (Å²) in [6.45, 7) is 3.57. The Labute approximate surface area is 205 Å². The molecule has 0 bridgehead atoms. The average Bonchev–Trinajstić information content (AvgIpc) is 3.18. The van der Waals surface area contributed by atoms with Gasteiger partial charge < -0.3 is 15.1 Å². The van der Waals surface area contributed by atoms with E-state index in [1.807, 2.05) is 0 Å². The van der Waals surface area contributed by atoms with Crippen LogP contribution in [0, 0.1) is 10.1 Å². The van der Waals surface area contributed by atoms with Crippen LogP contribution in [0.5, 0.6) is 0 Å². The lowest BCUT2D eigenvalue weighted by Crippen LogP contribution is -2.42. The molecule has 0 radical (unpaired) electrons. The largest absolute Gasteiger partial charge is 0.351 e. The lowest BCUT2D eigenvalue weighted by molar-refractivity contribution is -0.387. The number of carbonyl (C=O) groups is 1. The smallest absolute Gasteiger partial charge is 0.294 e. The lowest BCUT2D eigenvalue weighted by Gasteiger charge is -2.35. The number of hydrogen-bond donors (Lipinski definition) is 1. The molecular weight excluding hydrogens is 493 g/mol. The number of nitrogens with one attached hydrogen (secondary N) is 1. The lowest BCUT2D eigenvalue weighted by atomic mass is 10.0. The Bertz CT molecular complexity index is 944. The van der Waals surface area contributed by atoms with E-state index < -0.39 is 4.92 Å². The van der Waals surface area contributed by atoms with Gasteiger partial charge in [-0.25, -0.2) is 0 Å².